The maximum Gasteiger partial charge on any atom is 0.305 e. The molecule has 0 fully saturated rings. The van der Waals surface area contributed by atoms with Crippen LogP contribution in [0.1, 0.15) is 19.8 Å². The number of benzene rings is 3. The Hall–Kier alpha value is -3.05. The lowest BCUT2D eigenvalue weighted by atomic mass is 10.1. The van der Waals surface area contributed by atoms with Crippen LogP contribution in [0.5, 0.6) is 5.75 Å². The van der Waals surface area contributed by atoms with E-state index in [0.717, 1.165) is 16.3 Å². The highest BCUT2D eigenvalue weighted by molar-refractivity contribution is 6.31. The smallest absolute Gasteiger partial charge is 0.305 e. The molecule has 0 N–H and O–H groups in total. The standard InChI is InChI=1S/C23H20ClNO4/c1-2-27-22(26)8-5-11-28-21-13-16-7-4-3-6-15(16)12-18(21)23-25-19-14-17(24)9-10-20(19)29-23/h3-4,6-7,9-10,12-14H,2,5,8,11H2,1H3. The van der Waals surface area contributed by atoms with Gasteiger partial charge in [0.25, 0.3) is 0 Å². The van der Waals surface area contributed by atoms with Crippen LogP contribution in [0.3, 0.4) is 0 Å². The van der Waals surface area contributed by atoms with Gasteiger partial charge in [-0.3, -0.25) is 4.79 Å². The summed E-state index contributed by atoms with van der Waals surface area (Å²) in [5, 5.41) is 2.71. The first kappa shape index (κ1) is 19.3. The lowest BCUT2D eigenvalue weighted by Gasteiger charge is -2.11. The Labute approximate surface area is 173 Å². The van der Waals surface area contributed by atoms with E-state index in [1.807, 2.05) is 36.4 Å². The summed E-state index contributed by atoms with van der Waals surface area (Å²) in [5.74, 6) is 0.907. The van der Waals surface area contributed by atoms with Gasteiger partial charge in [-0.15, -0.1) is 0 Å². The van der Waals surface area contributed by atoms with Crippen molar-refractivity contribution in [2.45, 2.75) is 19.8 Å². The zero-order chi connectivity index (χ0) is 20.2. The van der Waals surface area contributed by atoms with E-state index in [9.17, 15) is 4.79 Å². The lowest BCUT2D eigenvalue weighted by molar-refractivity contribution is -0.143. The van der Waals surface area contributed by atoms with Crippen molar-refractivity contribution in [3.63, 3.8) is 0 Å². The molecular formula is C23H20ClNO4. The van der Waals surface area contributed by atoms with Crippen LogP contribution in [-0.4, -0.2) is 24.2 Å². The van der Waals surface area contributed by atoms with Crippen molar-refractivity contribution in [2.24, 2.45) is 0 Å². The van der Waals surface area contributed by atoms with Crippen LogP contribution in [0.2, 0.25) is 5.02 Å². The number of carbonyl (C=O) groups is 1. The van der Waals surface area contributed by atoms with Crippen molar-refractivity contribution >= 4 is 39.4 Å². The Morgan fingerprint density at radius 1 is 1.10 bits per heavy atom. The summed E-state index contributed by atoms with van der Waals surface area (Å²) in [5.41, 5.74) is 2.10. The van der Waals surface area contributed by atoms with E-state index >= 15 is 0 Å². The topological polar surface area (TPSA) is 61.6 Å². The van der Waals surface area contributed by atoms with Gasteiger partial charge >= 0.3 is 5.97 Å². The Bertz CT molecular complexity index is 1170. The maximum atomic E-state index is 11.5. The number of fused-ring (bicyclic) bond motifs is 2. The van der Waals surface area contributed by atoms with Crippen LogP contribution in [0, 0.1) is 0 Å². The molecule has 0 radical (unpaired) electrons. The second-order valence-corrected chi connectivity index (χ2v) is 7.02. The number of hydrogen-bond donors (Lipinski definition) is 0. The van der Waals surface area contributed by atoms with Crippen LogP contribution in [-0.2, 0) is 9.53 Å². The third-order valence-electron chi connectivity index (χ3n) is 4.52. The highest BCUT2D eigenvalue weighted by Gasteiger charge is 2.15. The van der Waals surface area contributed by atoms with Crippen LogP contribution >= 0.6 is 11.6 Å². The van der Waals surface area contributed by atoms with Gasteiger partial charge in [-0.2, -0.15) is 0 Å². The molecule has 1 heterocycles. The first-order valence-electron chi connectivity index (χ1n) is 9.51. The summed E-state index contributed by atoms with van der Waals surface area (Å²) >= 11 is 6.07. The number of oxazole rings is 1. The highest BCUT2D eigenvalue weighted by atomic mass is 35.5. The number of hydrogen-bond acceptors (Lipinski definition) is 5. The normalized spacial score (nSPS) is 11.1. The minimum atomic E-state index is -0.217. The molecule has 4 aromatic rings. The van der Waals surface area contributed by atoms with Gasteiger partial charge in [0.1, 0.15) is 11.3 Å². The van der Waals surface area contributed by atoms with E-state index in [-0.39, 0.29) is 5.97 Å². The first-order chi connectivity index (χ1) is 14.1. The third kappa shape index (κ3) is 4.35. The molecule has 148 valence electrons. The lowest BCUT2D eigenvalue weighted by Crippen LogP contribution is -2.07. The van der Waals surface area contributed by atoms with E-state index in [2.05, 4.69) is 4.98 Å². The number of ether oxygens (including phenoxy) is 2. The number of nitrogens with zero attached hydrogens (tertiary/aromatic N) is 1. The van der Waals surface area contributed by atoms with Crippen LogP contribution in [0.4, 0.5) is 0 Å². The van der Waals surface area contributed by atoms with Gasteiger partial charge in [0, 0.05) is 11.4 Å². The number of rotatable bonds is 7. The van der Waals surface area contributed by atoms with Crippen molar-refractivity contribution in [1.82, 2.24) is 4.98 Å². The zero-order valence-electron chi connectivity index (χ0n) is 16.0. The zero-order valence-corrected chi connectivity index (χ0v) is 16.7. The molecule has 3 aromatic carbocycles. The summed E-state index contributed by atoms with van der Waals surface area (Å²) < 4.78 is 16.9. The van der Waals surface area contributed by atoms with Gasteiger partial charge < -0.3 is 13.9 Å². The second kappa shape index (κ2) is 8.53. The van der Waals surface area contributed by atoms with E-state index in [0.29, 0.717) is 53.8 Å². The summed E-state index contributed by atoms with van der Waals surface area (Å²) in [6, 6.07) is 17.3. The number of aromatic nitrogens is 1. The summed E-state index contributed by atoms with van der Waals surface area (Å²) in [6.07, 6.45) is 0.881. The second-order valence-electron chi connectivity index (χ2n) is 6.58. The van der Waals surface area contributed by atoms with Gasteiger partial charge in [-0.25, -0.2) is 4.98 Å². The van der Waals surface area contributed by atoms with E-state index < -0.39 is 0 Å². The molecule has 4 rings (SSSR count). The molecular weight excluding hydrogens is 390 g/mol. The Kier molecular flexibility index (Phi) is 5.67. The van der Waals surface area contributed by atoms with Crippen molar-refractivity contribution in [2.75, 3.05) is 13.2 Å². The van der Waals surface area contributed by atoms with Crippen molar-refractivity contribution < 1.29 is 18.7 Å². The summed E-state index contributed by atoms with van der Waals surface area (Å²) in [7, 11) is 0. The Balaban J connectivity index is 1.65. The minimum absolute atomic E-state index is 0.217. The molecule has 5 nitrogen and oxygen atoms in total. The Morgan fingerprint density at radius 2 is 1.90 bits per heavy atom. The van der Waals surface area contributed by atoms with Gasteiger partial charge in [0.05, 0.1) is 18.8 Å². The molecule has 29 heavy (non-hydrogen) atoms. The first-order valence-corrected chi connectivity index (χ1v) is 9.89. The van der Waals surface area contributed by atoms with E-state index in [1.165, 1.54) is 0 Å². The summed E-state index contributed by atoms with van der Waals surface area (Å²) in [4.78, 5) is 16.1. The molecule has 6 heteroatoms. The average molecular weight is 410 g/mol. The van der Waals surface area contributed by atoms with Crippen LogP contribution < -0.4 is 4.74 Å². The molecule has 0 aliphatic rings. The largest absolute Gasteiger partial charge is 0.493 e. The van der Waals surface area contributed by atoms with Crippen molar-refractivity contribution in [1.29, 1.82) is 0 Å². The molecule has 0 aliphatic heterocycles. The molecule has 0 amide bonds. The quantitative estimate of drug-likeness (QED) is 0.276. The van der Waals surface area contributed by atoms with E-state index in [4.69, 9.17) is 25.5 Å². The maximum absolute atomic E-state index is 11.5. The van der Waals surface area contributed by atoms with Gasteiger partial charge in [0.15, 0.2) is 5.58 Å². The fourth-order valence-corrected chi connectivity index (χ4v) is 3.32. The predicted molar refractivity (Wildman–Crippen MR) is 113 cm³/mol. The SMILES string of the molecule is CCOC(=O)CCCOc1cc2ccccc2cc1-c1nc2cc(Cl)ccc2o1. The van der Waals surface area contributed by atoms with Gasteiger partial charge in [-0.05, 0) is 54.4 Å². The fourth-order valence-electron chi connectivity index (χ4n) is 3.15. The molecule has 0 unspecified atom stereocenters. The predicted octanol–water partition coefficient (Wildman–Crippen LogP) is 6.02. The van der Waals surface area contributed by atoms with Gasteiger partial charge in [-0.1, -0.05) is 35.9 Å². The molecule has 0 saturated heterocycles. The van der Waals surface area contributed by atoms with Crippen molar-refractivity contribution in [3.8, 4) is 17.2 Å². The van der Waals surface area contributed by atoms with Gasteiger partial charge in [0.2, 0.25) is 5.89 Å². The minimum Gasteiger partial charge on any atom is -0.493 e. The molecule has 0 atom stereocenters. The van der Waals surface area contributed by atoms with Crippen LogP contribution in [0.25, 0.3) is 33.3 Å². The molecule has 0 saturated carbocycles. The molecule has 0 bridgehead atoms. The molecule has 1 aromatic heterocycles. The van der Waals surface area contributed by atoms with Crippen molar-refractivity contribution in [3.05, 3.63) is 59.6 Å². The Morgan fingerprint density at radius 3 is 2.69 bits per heavy atom. The highest BCUT2D eigenvalue weighted by Crippen LogP contribution is 2.36. The molecule has 0 spiro atoms. The van der Waals surface area contributed by atoms with Crippen LogP contribution in [0.15, 0.2) is 59.0 Å². The fraction of sp³-hybridized carbons (Fsp3) is 0.217. The third-order valence-corrected chi connectivity index (χ3v) is 4.75. The number of halogens is 1. The summed E-state index contributed by atoms with van der Waals surface area (Å²) in [6.45, 7) is 2.57. The number of esters is 1. The molecule has 0 aliphatic carbocycles. The number of carbonyl (C=O) groups excluding carboxylic acids is 1. The average Bonchev–Trinajstić information content (AvgIpc) is 3.13. The monoisotopic (exact) mass is 409 g/mol. The van der Waals surface area contributed by atoms with E-state index in [1.54, 1.807) is 25.1 Å².